The molecule has 3 nitrogen and oxygen atoms in total. The maximum atomic E-state index is 12.2. The van der Waals surface area contributed by atoms with Crippen molar-refractivity contribution >= 4 is 21.8 Å². The van der Waals surface area contributed by atoms with Crippen LogP contribution < -0.4 is 0 Å². The summed E-state index contributed by atoms with van der Waals surface area (Å²) in [6.07, 6.45) is 1.96. The maximum Gasteiger partial charge on any atom is 0.270 e. The Morgan fingerprint density at radius 3 is 2.44 bits per heavy atom. The van der Waals surface area contributed by atoms with Gasteiger partial charge in [-0.3, -0.25) is 4.79 Å². The van der Waals surface area contributed by atoms with E-state index < -0.39 is 0 Å². The Morgan fingerprint density at radius 2 is 2.00 bits per heavy atom. The molecule has 1 heterocycles. The molecule has 4 heteroatoms. The molecule has 0 spiro atoms. The summed E-state index contributed by atoms with van der Waals surface area (Å²) in [5.74, 6) is 0.101. The van der Waals surface area contributed by atoms with Gasteiger partial charge in [0.15, 0.2) is 0 Å². The van der Waals surface area contributed by atoms with Gasteiger partial charge >= 0.3 is 0 Å². The number of carbonyl (C=O) groups is 1. The molecular weight excluding hydrogens is 268 g/mol. The Balaban J connectivity index is 3.07. The normalized spacial score (nSPS) is 10.9. The van der Waals surface area contributed by atoms with Crippen molar-refractivity contribution in [3.63, 3.8) is 0 Å². The number of halogens is 1. The molecule has 0 N–H and O–H groups in total. The minimum absolute atomic E-state index is 0.101. The first-order valence-corrected chi connectivity index (χ1v) is 6.47. The first kappa shape index (κ1) is 13.3. The topological polar surface area (TPSA) is 25.2 Å². The lowest BCUT2D eigenvalue weighted by Gasteiger charge is -2.20. The molecular formula is C12H19BrN2O. The zero-order valence-corrected chi connectivity index (χ0v) is 11.9. The predicted molar refractivity (Wildman–Crippen MR) is 69.8 cm³/mol. The third kappa shape index (κ3) is 2.67. The number of carbonyl (C=O) groups excluding carboxylic acids is 1. The number of aromatic nitrogens is 1. The average molecular weight is 287 g/mol. The fraction of sp³-hybridized carbons (Fsp3) is 0.583. The highest BCUT2D eigenvalue weighted by atomic mass is 79.9. The zero-order chi connectivity index (χ0) is 12.3. The first-order valence-electron chi connectivity index (χ1n) is 5.67. The fourth-order valence-electron chi connectivity index (χ4n) is 1.72. The van der Waals surface area contributed by atoms with E-state index in [1.165, 1.54) is 0 Å². The lowest BCUT2D eigenvalue weighted by Crippen LogP contribution is -2.32. The van der Waals surface area contributed by atoms with Gasteiger partial charge in [0.25, 0.3) is 5.91 Å². The second-order valence-corrected chi connectivity index (χ2v) is 4.94. The first-order chi connectivity index (χ1) is 7.51. The smallest absolute Gasteiger partial charge is 0.270 e. The summed E-state index contributed by atoms with van der Waals surface area (Å²) >= 11 is 3.42. The largest absolute Gasteiger partial charge is 0.340 e. The molecule has 1 aromatic heterocycles. The predicted octanol–water partition coefficient (Wildman–Crippen LogP) is 3.31. The van der Waals surface area contributed by atoms with Gasteiger partial charge in [0.1, 0.15) is 5.69 Å². The molecule has 0 unspecified atom stereocenters. The lowest BCUT2D eigenvalue weighted by atomic mass is 10.3. The number of hydrogen-bond donors (Lipinski definition) is 0. The Hall–Kier alpha value is -0.770. The van der Waals surface area contributed by atoms with Crippen molar-refractivity contribution in [2.75, 3.05) is 13.1 Å². The van der Waals surface area contributed by atoms with Crippen molar-refractivity contribution in [1.29, 1.82) is 0 Å². The molecule has 1 rings (SSSR count). The van der Waals surface area contributed by atoms with Gasteiger partial charge in [0.05, 0.1) is 0 Å². The molecule has 1 amide bonds. The molecule has 0 aliphatic heterocycles. The molecule has 0 saturated carbocycles. The molecule has 90 valence electrons. The van der Waals surface area contributed by atoms with Crippen molar-refractivity contribution in [2.24, 2.45) is 0 Å². The van der Waals surface area contributed by atoms with Crippen LogP contribution in [0.1, 0.15) is 44.2 Å². The van der Waals surface area contributed by atoms with Crippen LogP contribution >= 0.6 is 15.9 Å². The van der Waals surface area contributed by atoms with Crippen LogP contribution in [0.25, 0.3) is 0 Å². The highest BCUT2D eigenvalue weighted by Crippen LogP contribution is 2.20. The quantitative estimate of drug-likeness (QED) is 0.834. The number of hydrogen-bond acceptors (Lipinski definition) is 1. The second kappa shape index (κ2) is 5.53. The Kier molecular flexibility index (Phi) is 4.59. The minimum Gasteiger partial charge on any atom is -0.340 e. The maximum absolute atomic E-state index is 12.2. The molecule has 0 saturated heterocycles. The van der Waals surface area contributed by atoms with E-state index in [1.54, 1.807) is 0 Å². The molecule has 0 aliphatic carbocycles. The van der Waals surface area contributed by atoms with Gasteiger partial charge in [0.2, 0.25) is 0 Å². The average Bonchev–Trinajstić information content (AvgIpc) is 2.62. The summed E-state index contributed by atoms with van der Waals surface area (Å²) in [4.78, 5) is 14.1. The summed E-state index contributed by atoms with van der Waals surface area (Å²) in [6.45, 7) is 9.64. The van der Waals surface area contributed by atoms with Gasteiger partial charge in [-0.15, -0.1) is 0 Å². The number of nitrogens with zero attached hydrogens (tertiary/aromatic N) is 2. The van der Waals surface area contributed by atoms with E-state index in [-0.39, 0.29) is 5.91 Å². The van der Waals surface area contributed by atoms with Crippen molar-refractivity contribution in [3.8, 4) is 0 Å². The van der Waals surface area contributed by atoms with Gasteiger partial charge in [-0.1, -0.05) is 0 Å². The molecule has 0 radical (unpaired) electrons. The van der Waals surface area contributed by atoms with Gasteiger partial charge in [-0.05, 0) is 49.7 Å². The van der Waals surface area contributed by atoms with Crippen molar-refractivity contribution in [1.82, 2.24) is 9.47 Å². The standard InChI is InChI=1S/C12H19BrN2O/c1-5-14(6-2)12(16)11-7-10(13)8-15(11)9(3)4/h7-9H,5-6H2,1-4H3. The van der Waals surface area contributed by atoms with E-state index in [1.807, 2.05) is 35.6 Å². The minimum atomic E-state index is 0.101. The van der Waals surface area contributed by atoms with E-state index in [0.29, 0.717) is 6.04 Å². The Morgan fingerprint density at radius 1 is 1.44 bits per heavy atom. The van der Waals surface area contributed by atoms with Crippen LogP contribution in [0.15, 0.2) is 16.7 Å². The highest BCUT2D eigenvalue weighted by Gasteiger charge is 2.18. The molecule has 1 aromatic rings. The highest BCUT2D eigenvalue weighted by molar-refractivity contribution is 9.10. The van der Waals surface area contributed by atoms with Crippen LogP contribution in [-0.2, 0) is 0 Å². The van der Waals surface area contributed by atoms with Crippen molar-refractivity contribution in [2.45, 2.75) is 33.7 Å². The van der Waals surface area contributed by atoms with Crippen LogP contribution in [0.4, 0.5) is 0 Å². The van der Waals surface area contributed by atoms with E-state index in [2.05, 4.69) is 29.8 Å². The molecule has 0 aliphatic rings. The lowest BCUT2D eigenvalue weighted by molar-refractivity contribution is 0.0760. The summed E-state index contributed by atoms with van der Waals surface area (Å²) in [5, 5.41) is 0. The monoisotopic (exact) mass is 286 g/mol. The van der Waals surface area contributed by atoms with E-state index >= 15 is 0 Å². The van der Waals surface area contributed by atoms with Gasteiger partial charge in [-0.2, -0.15) is 0 Å². The summed E-state index contributed by atoms with van der Waals surface area (Å²) in [5.41, 5.74) is 0.755. The third-order valence-electron chi connectivity index (χ3n) is 2.64. The van der Waals surface area contributed by atoms with Crippen LogP contribution in [0.2, 0.25) is 0 Å². The van der Waals surface area contributed by atoms with Gasteiger partial charge in [-0.25, -0.2) is 0 Å². The van der Waals surface area contributed by atoms with Crippen LogP contribution in [0, 0.1) is 0 Å². The second-order valence-electron chi connectivity index (χ2n) is 4.02. The van der Waals surface area contributed by atoms with Gasteiger partial charge < -0.3 is 9.47 Å². The van der Waals surface area contributed by atoms with Gasteiger partial charge in [0, 0.05) is 29.8 Å². The van der Waals surface area contributed by atoms with Crippen LogP contribution in [0.3, 0.4) is 0 Å². The molecule has 16 heavy (non-hydrogen) atoms. The van der Waals surface area contributed by atoms with E-state index in [4.69, 9.17) is 0 Å². The Bertz CT molecular complexity index is 367. The third-order valence-corrected chi connectivity index (χ3v) is 3.07. The van der Waals surface area contributed by atoms with Crippen LogP contribution in [-0.4, -0.2) is 28.5 Å². The van der Waals surface area contributed by atoms with E-state index in [0.717, 1.165) is 23.3 Å². The van der Waals surface area contributed by atoms with Crippen molar-refractivity contribution < 1.29 is 4.79 Å². The molecule has 0 fully saturated rings. The Labute approximate surface area is 106 Å². The SMILES string of the molecule is CCN(CC)C(=O)c1cc(Br)cn1C(C)C. The van der Waals surface area contributed by atoms with Crippen LogP contribution in [0.5, 0.6) is 0 Å². The fourth-order valence-corrected chi connectivity index (χ4v) is 2.15. The summed E-state index contributed by atoms with van der Waals surface area (Å²) < 4.78 is 2.96. The number of rotatable bonds is 4. The molecule has 0 bridgehead atoms. The molecule has 0 aromatic carbocycles. The molecule has 0 atom stereocenters. The zero-order valence-electron chi connectivity index (χ0n) is 10.3. The summed E-state index contributed by atoms with van der Waals surface area (Å²) in [7, 11) is 0. The van der Waals surface area contributed by atoms with Crippen molar-refractivity contribution in [3.05, 3.63) is 22.4 Å². The van der Waals surface area contributed by atoms with E-state index in [9.17, 15) is 4.79 Å². The number of amides is 1. The summed E-state index contributed by atoms with van der Waals surface area (Å²) in [6, 6.07) is 2.18.